The highest BCUT2D eigenvalue weighted by molar-refractivity contribution is 7.98. The standard InChI is InChI=1S/C33H34N6O3S/c1-23-29(31(41)35-26-13-7-3-8-14-26)30(39-32(34-23)36-33(37-39)43-22-24-11-5-2-6-12-24)25-15-17-27(18-16-25)42-21-28(40)38-19-9-4-10-20-38/h2-3,5-8,11-18,30H,4,9-10,19-22H2,1H3,(H,35,41)(H,34,36,37). The van der Waals surface area contributed by atoms with Crippen molar-refractivity contribution < 1.29 is 14.3 Å². The summed E-state index contributed by atoms with van der Waals surface area (Å²) in [5.74, 6) is 1.67. The molecule has 3 aromatic carbocycles. The van der Waals surface area contributed by atoms with Gasteiger partial charge in [0, 0.05) is 30.2 Å². The van der Waals surface area contributed by atoms with Gasteiger partial charge in [-0.15, -0.1) is 5.10 Å². The van der Waals surface area contributed by atoms with Gasteiger partial charge in [-0.1, -0.05) is 72.4 Å². The summed E-state index contributed by atoms with van der Waals surface area (Å²) in [6.07, 6.45) is 3.25. The van der Waals surface area contributed by atoms with Crippen molar-refractivity contribution in [1.29, 1.82) is 0 Å². The molecule has 9 nitrogen and oxygen atoms in total. The Morgan fingerprint density at radius 3 is 2.37 bits per heavy atom. The van der Waals surface area contributed by atoms with Crippen molar-refractivity contribution in [3.8, 4) is 5.75 Å². The Kier molecular flexibility index (Phi) is 8.74. The van der Waals surface area contributed by atoms with Crippen LogP contribution in [-0.4, -0.2) is 51.2 Å². The van der Waals surface area contributed by atoms with Crippen molar-refractivity contribution in [2.75, 3.05) is 30.3 Å². The van der Waals surface area contributed by atoms with Crippen LogP contribution in [0.3, 0.4) is 0 Å². The Morgan fingerprint density at radius 1 is 0.953 bits per heavy atom. The molecule has 1 fully saturated rings. The molecule has 2 aliphatic heterocycles. The Morgan fingerprint density at radius 2 is 1.65 bits per heavy atom. The van der Waals surface area contributed by atoms with Gasteiger partial charge in [-0.3, -0.25) is 9.59 Å². The first kappa shape index (κ1) is 28.5. The van der Waals surface area contributed by atoms with Crippen LogP contribution >= 0.6 is 11.8 Å². The van der Waals surface area contributed by atoms with Crippen LogP contribution in [-0.2, 0) is 15.3 Å². The second kappa shape index (κ2) is 13.2. The fourth-order valence-corrected chi connectivity index (χ4v) is 6.15. The molecule has 2 N–H and O–H groups in total. The van der Waals surface area contributed by atoms with Crippen molar-refractivity contribution in [2.45, 2.75) is 43.1 Å². The van der Waals surface area contributed by atoms with Crippen LogP contribution in [0.1, 0.15) is 43.4 Å². The molecule has 1 aromatic heterocycles. The number of rotatable bonds is 9. The third kappa shape index (κ3) is 6.75. The second-order valence-electron chi connectivity index (χ2n) is 10.6. The van der Waals surface area contributed by atoms with Crippen molar-refractivity contribution in [3.05, 3.63) is 107 Å². The highest BCUT2D eigenvalue weighted by Crippen LogP contribution is 2.37. The zero-order valence-corrected chi connectivity index (χ0v) is 24.8. The SMILES string of the molecule is CC1=C(C(=O)Nc2ccccc2)C(c2ccc(OCC(=O)N3CCCCC3)cc2)n2nc(SCc3ccccc3)nc2N1. The Balaban J connectivity index is 1.25. The highest BCUT2D eigenvalue weighted by atomic mass is 32.2. The maximum absolute atomic E-state index is 13.7. The molecule has 10 heteroatoms. The van der Waals surface area contributed by atoms with Crippen LogP contribution in [0.15, 0.2) is 101 Å². The fraction of sp³-hybridized carbons (Fsp3) is 0.273. The number of carbonyl (C=O) groups is 2. The summed E-state index contributed by atoms with van der Waals surface area (Å²) < 4.78 is 7.63. The zero-order valence-electron chi connectivity index (χ0n) is 24.0. The van der Waals surface area contributed by atoms with Gasteiger partial charge in [-0.2, -0.15) is 4.98 Å². The number of allylic oxidation sites excluding steroid dienone is 1. The summed E-state index contributed by atoms with van der Waals surface area (Å²) >= 11 is 1.54. The number of nitrogens with one attached hydrogen (secondary N) is 2. The number of hydrogen-bond acceptors (Lipinski definition) is 7. The van der Waals surface area contributed by atoms with Crippen LogP contribution in [0.25, 0.3) is 0 Å². The normalized spacial score (nSPS) is 16.3. The van der Waals surface area contributed by atoms with E-state index in [4.69, 9.17) is 14.8 Å². The largest absolute Gasteiger partial charge is 0.484 e. The molecule has 0 aliphatic carbocycles. The molecule has 4 aromatic rings. The molecule has 1 atom stereocenters. The average molecular weight is 595 g/mol. The number of ether oxygens (including phenoxy) is 1. The van der Waals surface area contributed by atoms with E-state index in [-0.39, 0.29) is 18.4 Å². The number of carbonyl (C=O) groups excluding carboxylic acids is 2. The van der Waals surface area contributed by atoms with E-state index in [0.29, 0.717) is 33.8 Å². The first-order valence-corrected chi connectivity index (χ1v) is 15.5. The number of hydrogen-bond donors (Lipinski definition) is 2. The first-order chi connectivity index (χ1) is 21.0. The summed E-state index contributed by atoms with van der Waals surface area (Å²) in [5.41, 5.74) is 3.97. The molecule has 0 spiro atoms. The Hall–Kier alpha value is -4.57. The van der Waals surface area contributed by atoms with Gasteiger partial charge in [0.15, 0.2) is 6.61 Å². The highest BCUT2D eigenvalue weighted by Gasteiger charge is 2.34. The van der Waals surface area contributed by atoms with Crippen molar-refractivity contribution in [1.82, 2.24) is 19.7 Å². The average Bonchev–Trinajstić information content (AvgIpc) is 3.46. The third-order valence-electron chi connectivity index (χ3n) is 7.59. The molecular formula is C33H34N6O3S. The minimum absolute atomic E-state index is 0.00561. The molecule has 1 unspecified atom stereocenters. The maximum atomic E-state index is 13.7. The van der Waals surface area contributed by atoms with Crippen molar-refractivity contribution in [2.24, 2.45) is 0 Å². The van der Waals surface area contributed by atoms with Crippen LogP contribution in [0.2, 0.25) is 0 Å². The molecule has 1 saturated heterocycles. The Bertz CT molecular complexity index is 1600. The number of fused-ring (bicyclic) bond motifs is 1. The zero-order chi connectivity index (χ0) is 29.6. The van der Waals surface area contributed by atoms with Gasteiger partial charge >= 0.3 is 0 Å². The summed E-state index contributed by atoms with van der Waals surface area (Å²) in [6.45, 7) is 3.47. The van der Waals surface area contributed by atoms with E-state index in [1.807, 2.05) is 84.6 Å². The monoisotopic (exact) mass is 594 g/mol. The number of para-hydroxylation sites is 1. The number of nitrogens with zero attached hydrogens (tertiary/aromatic N) is 4. The number of anilines is 2. The fourth-order valence-electron chi connectivity index (χ4n) is 5.36. The van der Waals surface area contributed by atoms with Crippen LogP contribution in [0.4, 0.5) is 11.6 Å². The molecule has 2 amide bonds. The molecular weight excluding hydrogens is 560 g/mol. The lowest BCUT2D eigenvalue weighted by Gasteiger charge is -2.29. The van der Waals surface area contributed by atoms with Gasteiger partial charge in [-0.05, 0) is 61.6 Å². The van der Waals surface area contributed by atoms with Crippen LogP contribution in [0, 0.1) is 0 Å². The lowest BCUT2D eigenvalue weighted by molar-refractivity contribution is -0.134. The maximum Gasteiger partial charge on any atom is 0.260 e. The number of benzene rings is 3. The van der Waals surface area contributed by atoms with E-state index in [0.717, 1.165) is 37.2 Å². The van der Waals surface area contributed by atoms with E-state index in [9.17, 15) is 9.59 Å². The van der Waals surface area contributed by atoms with Crippen LogP contribution in [0.5, 0.6) is 5.75 Å². The summed E-state index contributed by atoms with van der Waals surface area (Å²) in [4.78, 5) is 33.0. The summed E-state index contributed by atoms with van der Waals surface area (Å²) in [6, 6.07) is 26.6. The molecule has 2 aliphatic rings. The minimum Gasteiger partial charge on any atom is -0.484 e. The van der Waals surface area contributed by atoms with Gasteiger partial charge in [0.2, 0.25) is 11.1 Å². The topological polar surface area (TPSA) is 101 Å². The number of aromatic nitrogens is 3. The van der Waals surface area contributed by atoms with E-state index >= 15 is 0 Å². The molecule has 0 radical (unpaired) electrons. The lowest BCUT2D eigenvalue weighted by atomic mass is 9.95. The summed E-state index contributed by atoms with van der Waals surface area (Å²) in [7, 11) is 0. The number of piperidine rings is 1. The molecule has 43 heavy (non-hydrogen) atoms. The summed E-state index contributed by atoms with van der Waals surface area (Å²) in [5, 5.41) is 11.8. The van der Waals surface area contributed by atoms with E-state index in [1.54, 1.807) is 16.4 Å². The van der Waals surface area contributed by atoms with E-state index in [1.165, 1.54) is 12.0 Å². The Labute approximate surface area is 255 Å². The van der Waals surface area contributed by atoms with Crippen molar-refractivity contribution >= 4 is 35.2 Å². The predicted molar refractivity (Wildman–Crippen MR) is 168 cm³/mol. The minimum atomic E-state index is -0.525. The van der Waals surface area contributed by atoms with Crippen LogP contribution < -0.4 is 15.4 Å². The number of amides is 2. The van der Waals surface area contributed by atoms with E-state index in [2.05, 4.69) is 22.8 Å². The third-order valence-corrected chi connectivity index (χ3v) is 8.50. The molecule has 3 heterocycles. The quantitative estimate of drug-likeness (QED) is 0.233. The van der Waals surface area contributed by atoms with Gasteiger partial charge < -0.3 is 20.3 Å². The van der Waals surface area contributed by atoms with Gasteiger partial charge in [-0.25, -0.2) is 4.68 Å². The van der Waals surface area contributed by atoms with E-state index < -0.39 is 6.04 Å². The number of thioether (sulfide) groups is 1. The predicted octanol–water partition coefficient (Wildman–Crippen LogP) is 5.89. The first-order valence-electron chi connectivity index (χ1n) is 14.5. The molecule has 220 valence electrons. The molecule has 0 saturated carbocycles. The second-order valence-corrected chi connectivity index (χ2v) is 11.6. The van der Waals surface area contributed by atoms with Gasteiger partial charge in [0.05, 0.1) is 5.57 Å². The molecule has 0 bridgehead atoms. The lowest BCUT2D eigenvalue weighted by Crippen LogP contribution is -2.38. The number of likely N-dealkylation sites (tertiary alicyclic amines) is 1. The van der Waals surface area contributed by atoms with Gasteiger partial charge in [0.1, 0.15) is 11.8 Å². The van der Waals surface area contributed by atoms with Gasteiger partial charge in [0.25, 0.3) is 11.8 Å². The smallest absolute Gasteiger partial charge is 0.260 e. The van der Waals surface area contributed by atoms with Crippen molar-refractivity contribution in [3.63, 3.8) is 0 Å². The molecule has 6 rings (SSSR count).